The Morgan fingerprint density at radius 2 is 2.17 bits per heavy atom. The van der Waals surface area contributed by atoms with Gasteiger partial charge in [-0.1, -0.05) is 31.5 Å². The van der Waals surface area contributed by atoms with E-state index in [1.165, 1.54) is 0 Å². The molecular formula is C18H23NO4. The Bertz CT molecular complexity index is 615. The summed E-state index contributed by atoms with van der Waals surface area (Å²) in [5.41, 5.74) is 0.345. The van der Waals surface area contributed by atoms with E-state index in [4.69, 9.17) is 4.74 Å². The Hall–Kier alpha value is -2.04. The Balaban J connectivity index is 1.63. The third-order valence-electron chi connectivity index (χ3n) is 5.35. The van der Waals surface area contributed by atoms with Crippen molar-refractivity contribution in [2.45, 2.75) is 32.6 Å². The fraction of sp³-hybridized carbons (Fsp3) is 0.556. The van der Waals surface area contributed by atoms with Crippen molar-refractivity contribution in [2.24, 2.45) is 11.3 Å². The van der Waals surface area contributed by atoms with Crippen molar-refractivity contribution in [3.05, 3.63) is 29.8 Å². The number of carboxylic acid groups (broad SMARTS) is 1. The molecule has 1 aromatic rings. The normalized spacial score (nSPS) is 26.1. The minimum absolute atomic E-state index is 0.0283. The molecule has 1 N–H and O–H groups in total. The van der Waals surface area contributed by atoms with Crippen LogP contribution in [0.15, 0.2) is 24.3 Å². The number of rotatable bonds is 5. The zero-order valence-corrected chi connectivity index (χ0v) is 13.5. The highest BCUT2D eigenvalue weighted by Crippen LogP contribution is 2.48. The van der Waals surface area contributed by atoms with Crippen molar-refractivity contribution in [2.75, 3.05) is 19.7 Å². The molecule has 1 amide bonds. The number of carboxylic acids is 1. The van der Waals surface area contributed by atoms with Crippen molar-refractivity contribution in [3.8, 4) is 5.75 Å². The molecule has 2 fully saturated rings. The van der Waals surface area contributed by atoms with Crippen LogP contribution in [-0.4, -0.2) is 41.6 Å². The molecule has 1 aliphatic carbocycles. The maximum atomic E-state index is 12.4. The third-order valence-corrected chi connectivity index (χ3v) is 5.35. The standard InChI is InChI=1S/C18H23NO4/c1-2-13-6-3-4-8-15(13)23-11-16(20)19-10-14-7-5-9-18(14,12-19)17(21)22/h3-4,6,8,14H,2,5,7,9-12H2,1H3,(H,21,22)/t14-,18+/m0/s1. The van der Waals surface area contributed by atoms with E-state index in [1.807, 2.05) is 31.2 Å². The number of aliphatic carboxylic acids is 1. The second-order valence-electron chi connectivity index (χ2n) is 6.57. The molecule has 5 nitrogen and oxygen atoms in total. The maximum Gasteiger partial charge on any atom is 0.311 e. The van der Waals surface area contributed by atoms with Crippen molar-refractivity contribution >= 4 is 11.9 Å². The number of fused-ring (bicyclic) bond motifs is 1. The number of carbonyl (C=O) groups is 2. The Kier molecular flexibility index (Phi) is 4.28. The average Bonchev–Trinajstić information content (AvgIpc) is 3.11. The summed E-state index contributed by atoms with van der Waals surface area (Å²) in [5.74, 6) is -0.0546. The number of carbonyl (C=O) groups excluding carboxylic acids is 1. The monoisotopic (exact) mass is 317 g/mol. The summed E-state index contributed by atoms with van der Waals surface area (Å²) in [4.78, 5) is 25.8. The number of benzene rings is 1. The molecule has 0 unspecified atom stereocenters. The molecule has 3 rings (SSSR count). The molecule has 23 heavy (non-hydrogen) atoms. The molecule has 1 saturated carbocycles. The van der Waals surface area contributed by atoms with Gasteiger partial charge in [0.25, 0.3) is 5.91 Å². The lowest BCUT2D eigenvalue weighted by Crippen LogP contribution is -2.38. The first-order chi connectivity index (χ1) is 11.1. The van der Waals surface area contributed by atoms with Crippen molar-refractivity contribution in [3.63, 3.8) is 0 Å². The van der Waals surface area contributed by atoms with Gasteiger partial charge >= 0.3 is 5.97 Å². The fourth-order valence-corrected chi connectivity index (χ4v) is 4.00. The van der Waals surface area contributed by atoms with E-state index in [0.29, 0.717) is 19.5 Å². The molecule has 2 atom stereocenters. The minimum atomic E-state index is -0.757. The van der Waals surface area contributed by atoms with E-state index < -0.39 is 11.4 Å². The predicted octanol–water partition coefficient (Wildman–Crippen LogP) is 2.34. The van der Waals surface area contributed by atoms with Gasteiger partial charge in [-0.05, 0) is 36.8 Å². The highest BCUT2D eigenvalue weighted by atomic mass is 16.5. The summed E-state index contributed by atoms with van der Waals surface area (Å²) in [6.45, 7) is 2.89. The van der Waals surface area contributed by atoms with Crippen LogP contribution in [0.1, 0.15) is 31.7 Å². The minimum Gasteiger partial charge on any atom is -0.483 e. The number of hydrogen-bond acceptors (Lipinski definition) is 3. The van der Waals surface area contributed by atoms with Crippen LogP contribution in [0.2, 0.25) is 0 Å². The molecule has 1 saturated heterocycles. The molecule has 2 aliphatic rings. The van der Waals surface area contributed by atoms with Gasteiger partial charge in [-0.25, -0.2) is 0 Å². The molecule has 1 aromatic carbocycles. The molecule has 1 aliphatic heterocycles. The Morgan fingerprint density at radius 1 is 1.39 bits per heavy atom. The van der Waals surface area contributed by atoms with Gasteiger partial charge < -0.3 is 14.7 Å². The number of likely N-dealkylation sites (tertiary alicyclic amines) is 1. The molecule has 124 valence electrons. The van der Waals surface area contributed by atoms with Crippen LogP contribution in [-0.2, 0) is 16.0 Å². The van der Waals surface area contributed by atoms with E-state index in [1.54, 1.807) is 4.90 Å². The fourth-order valence-electron chi connectivity index (χ4n) is 4.00. The van der Waals surface area contributed by atoms with Gasteiger partial charge in [-0.3, -0.25) is 9.59 Å². The number of para-hydroxylation sites is 1. The number of amides is 1. The van der Waals surface area contributed by atoms with Gasteiger partial charge in [-0.15, -0.1) is 0 Å². The molecule has 0 spiro atoms. The molecule has 0 bridgehead atoms. The van der Waals surface area contributed by atoms with Crippen molar-refractivity contribution < 1.29 is 19.4 Å². The molecule has 5 heteroatoms. The largest absolute Gasteiger partial charge is 0.483 e. The van der Waals surface area contributed by atoms with E-state index in [0.717, 1.165) is 30.6 Å². The van der Waals surface area contributed by atoms with Gasteiger partial charge in [-0.2, -0.15) is 0 Å². The smallest absolute Gasteiger partial charge is 0.311 e. The van der Waals surface area contributed by atoms with Crippen LogP contribution in [0, 0.1) is 11.3 Å². The summed E-state index contributed by atoms with van der Waals surface area (Å²) >= 11 is 0. The summed E-state index contributed by atoms with van der Waals surface area (Å²) in [5, 5.41) is 9.58. The van der Waals surface area contributed by atoms with Gasteiger partial charge in [0.1, 0.15) is 5.75 Å². The number of aryl methyl sites for hydroxylation is 1. The Morgan fingerprint density at radius 3 is 2.87 bits per heavy atom. The maximum absolute atomic E-state index is 12.4. The lowest BCUT2D eigenvalue weighted by atomic mass is 9.81. The lowest BCUT2D eigenvalue weighted by Gasteiger charge is -2.23. The highest BCUT2D eigenvalue weighted by Gasteiger charge is 2.55. The topological polar surface area (TPSA) is 66.8 Å². The SMILES string of the molecule is CCc1ccccc1OCC(=O)N1C[C@@H]2CCC[C@@]2(C(=O)O)C1. The van der Waals surface area contributed by atoms with Gasteiger partial charge in [0.05, 0.1) is 5.41 Å². The first kappa shape index (κ1) is 15.8. The van der Waals surface area contributed by atoms with Crippen molar-refractivity contribution in [1.82, 2.24) is 4.90 Å². The molecule has 1 heterocycles. The summed E-state index contributed by atoms with van der Waals surface area (Å²) < 4.78 is 5.68. The summed E-state index contributed by atoms with van der Waals surface area (Å²) in [6.07, 6.45) is 3.36. The zero-order valence-electron chi connectivity index (χ0n) is 13.5. The average molecular weight is 317 g/mol. The van der Waals surface area contributed by atoms with Crippen LogP contribution >= 0.6 is 0 Å². The number of nitrogens with zero attached hydrogens (tertiary/aromatic N) is 1. The van der Waals surface area contributed by atoms with Crippen LogP contribution in [0.25, 0.3) is 0 Å². The summed E-state index contributed by atoms with van der Waals surface area (Å²) in [7, 11) is 0. The summed E-state index contributed by atoms with van der Waals surface area (Å²) in [6, 6.07) is 7.69. The van der Waals surface area contributed by atoms with Gasteiger partial charge in [0.15, 0.2) is 6.61 Å². The zero-order chi connectivity index (χ0) is 16.4. The van der Waals surface area contributed by atoms with E-state index in [-0.39, 0.29) is 18.4 Å². The quantitative estimate of drug-likeness (QED) is 0.905. The molecular weight excluding hydrogens is 294 g/mol. The van der Waals surface area contributed by atoms with E-state index >= 15 is 0 Å². The second kappa shape index (κ2) is 6.22. The third kappa shape index (κ3) is 2.80. The molecule has 0 radical (unpaired) electrons. The molecule has 0 aromatic heterocycles. The van der Waals surface area contributed by atoms with Crippen LogP contribution < -0.4 is 4.74 Å². The van der Waals surface area contributed by atoms with Crippen LogP contribution in [0.4, 0.5) is 0 Å². The van der Waals surface area contributed by atoms with E-state index in [2.05, 4.69) is 0 Å². The first-order valence-corrected chi connectivity index (χ1v) is 8.28. The predicted molar refractivity (Wildman–Crippen MR) is 85.3 cm³/mol. The lowest BCUT2D eigenvalue weighted by molar-refractivity contribution is -0.149. The number of hydrogen-bond donors (Lipinski definition) is 1. The van der Waals surface area contributed by atoms with Crippen molar-refractivity contribution in [1.29, 1.82) is 0 Å². The Labute approximate surface area is 136 Å². The highest BCUT2D eigenvalue weighted by molar-refractivity contribution is 5.82. The number of ether oxygens (including phenoxy) is 1. The van der Waals surface area contributed by atoms with E-state index in [9.17, 15) is 14.7 Å². The second-order valence-corrected chi connectivity index (χ2v) is 6.57. The van der Waals surface area contributed by atoms with Crippen LogP contribution in [0.5, 0.6) is 5.75 Å². The first-order valence-electron chi connectivity index (χ1n) is 8.28. The van der Waals surface area contributed by atoms with Gasteiger partial charge in [0, 0.05) is 13.1 Å². The van der Waals surface area contributed by atoms with Crippen LogP contribution in [0.3, 0.4) is 0 Å². The van der Waals surface area contributed by atoms with Gasteiger partial charge in [0.2, 0.25) is 0 Å².